The Morgan fingerprint density at radius 2 is 2.00 bits per heavy atom. The van der Waals surface area contributed by atoms with Gasteiger partial charge in [-0.05, 0) is 44.5 Å². The van der Waals surface area contributed by atoms with E-state index in [1.165, 1.54) is 0 Å². The summed E-state index contributed by atoms with van der Waals surface area (Å²) in [5.41, 5.74) is 1.36. The number of amides is 1. The third-order valence-corrected chi connectivity index (χ3v) is 3.00. The van der Waals surface area contributed by atoms with Crippen molar-refractivity contribution in [3.63, 3.8) is 0 Å². The largest absolute Gasteiger partial charge is 0.379 e. The Morgan fingerprint density at radius 1 is 1.22 bits per heavy atom. The smallest absolute Gasteiger partial charge is 0.251 e. The zero-order chi connectivity index (χ0) is 16.5. The fraction of sp³-hybridized carbons (Fsp3) is 0.353. The number of nitrogens with zero attached hydrogens (tertiary/aromatic N) is 2. The van der Waals surface area contributed by atoms with E-state index in [4.69, 9.17) is 4.74 Å². The summed E-state index contributed by atoms with van der Waals surface area (Å²) in [7, 11) is 0. The van der Waals surface area contributed by atoms with E-state index < -0.39 is 0 Å². The van der Waals surface area contributed by atoms with Crippen LogP contribution < -0.4 is 10.6 Å². The number of nitrogens with one attached hydrogen (secondary N) is 2. The van der Waals surface area contributed by atoms with Crippen LogP contribution in [-0.2, 0) is 4.74 Å². The van der Waals surface area contributed by atoms with Crippen LogP contribution >= 0.6 is 0 Å². The third-order valence-electron chi connectivity index (χ3n) is 3.00. The molecule has 6 heteroatoms. The van der Waals surface area contributed by atoms with Crippen LogP contribution in [0.5, 0.6) is 0 Å². The minimum atomic E-state index is -0.104. The molecule has 2 N–H and O–H groups in total. The topological polar surface area (TPSA) is 76.1 Å². The first-order chi connectivity index (χ1) is 11.1. The zero-order valence-electron chi connectivity index (χ0n) is 13.5. The Labute approximate surface area is 136 Å². The Hall–Kier alpha value is -2.47. The van der Waals surface area contributed by atoms with Crippen LogP contribution in [0.15, 0.2) is 42.7 Å². The van der Waals surface area contributed by atoms with Crippen LogP contribution in [0.2, 0.25) is 0 Å². The molecule has 0 saturated carbocycles. The van der Waals surface area contributed by atoms with Crippen molar-refractivity contribution in [1.82, 2.24) is 15.3 Å². The molecule has 0 fully saturated rings. The summed E-state index contributed by atoms with van der Waals surface area (Å²) >= 11 is 0. The lowest BCUT2D eigenvalue weighted by Gasteiger charge is -2.09. The average Bonchev–Trinajstić information content (AvgIpc) is 2.55. The SMILES string of the molecule is CC(C)OCCCNC(=O)c1cccc(Nc2ncccn2)c1. The van der Waals surface area contributed by atoms with Crippen LogP contribution in [0.3, 0.4) is 0 Å². The highest BCUT2D eigenvalue weighted by atomic mass is 16.5. The molecule has 2 aromatic rings. The van der Waals surface area contributed by atoms with Crippen molar-refractivity contribution in [3.05, 3.63) is 48.3 Å². The average molecular weight is 314 g/mol. The summed E-state index contributed by atoms with van der Waals surface area (Å²) in [6.45, 7) is 5.22. The van der Waals surface area contributed by atoms with Crippen LogP contribution in [0.1, 0.15) is 30.6 Å². The van der Waals surface area contributed by atoms with Gasteiger partial charge in [0.15, 0.2) is 0 Å². The molecule has 6 nitrogen and oxygen atoms in total. The number of carbonyl (C=O) groups excluding carboxylic acids is 1. The van der Waals surface area contributed by atoms with Gasteiger partial charge in [0.05, 0.1) is 6.10 Å². The van der Waals surface area contributed by atoms with Gasteiger partial charge in [0.25, 0.3) is 5.91 Å². The van der Waals surface area contributed by atoms with Gasteiger partial charge in [0, 0.05) is 36.8 Å². The minimum Gasteiger partial charge on any atom is -0.379 e. The van der Waals surface area contributed by atoms with Gasteiger partial charge in [-0.15, -0.1) is 0 Å². The van der Waals surface area contributed by atoms with Crippen LogP contribution in [-0.4, -0.2) is 35.1 Å². The molecule has 1 aromatic carbocycles. The van der Waals surface area contributed by atoms with Crippen molar-refractivity contribution >= 4 is 17.5 Å². The standard InChI is InChI=1S/C17H22N4O2/c1-13(2)23-11-5-10-18-16(22)14-6-3-7-15(12-14)21-17-19-8-4-9-20-17/h3-4,6-9,12-13H,5,10-11H2,1-2H3,(H,18,22)(H,19,20,21). The molecule has 0 spiro atoms. The van der Waals surface area contributed by atoms with Crippen LogP contribution in [0.4, 0.5) is 11.6 Å². The lowest BCUT2D eigenvalue weighted by molar-refractivity contribution is 0.0757. The van der Waals surface area contributed by atoms with Gasteiger partial charge in [-0.2, -0.15) is 0 Å². The van der Waals surface area contributed by atoms with E-state index in [9.17, 15) is 4.79 Å². The Balaban J connectivity index is 1.85. The predicted octanol–water partition coefficient (Wildman–Crippen LogP) is 2.77. The maximum absolute atomic E-state index is 12.1. The minimum absolute atomic E-state index is 0.104. The van der Waals surface area contributed by atoms with Crippen molar-refractivity contribution in [2.24, 2.45) is 0 Å². The first-order valence-corrected chi connectivity index (χ1v) is 7.69. The van der Waals surface area contributed by atoms with Crippen molar-refractivity contribution < 1.29 is 9.53 Å². The van der Waals surface area contributed by atoms with Gasteiger partial charge >= 0.3 is 0 Å². The van der Waals surface area contributed by atoms with Gasteiger partial charge in [-0.3, -0.25) is 4.79 Å². The van der Waals surface area contributed by atoms with E-state index in [-0.39, 0.29) is 12.0 Å². The summed E-state index contributed by atoms with van der Waals surface area (Å²) in [5, 5.41) is 5.95. The summed E-state index contributed by atoms with van der Waals surface area (Å²) < 4.78 is 5.44. The van der Waals surface area contributed by atoms with Gasteiger partial charge in [0.2, 0.25) is 5.95 Å². The maximum atomic E-state index is 12.1. The normalized spacial score (nSPS) is 10.6. The fourth-order valence-electron chi connectivity index (χ4n) is 1.93. The fourth-order valence-corrected chi connectivity index (χ4v) is 1.93. The van der Waals surface area contributed by atoms with E-state index in [2.05, 4.69) is 20.6 Å². The first kappa shape index (κ1) is 16.9. The van der Waals surface area contributed by atoms with E-state index in [1.807, 2.05) is 26.0 Å². The lowest BCUT2D eigenvalue weighted by atomic mass is 10.2. The Bertz CT molecular complexity index is 617. The molecule has 0 aliphatic heterocycles. The molecule has 1 aromatic heterocycles. The molecule has 0 unspecified atom stereocenters. The number of hydrogen-bond acceptors (Lipinski definition) is 5. The van der Waals surface area contributed by atoms with Crippen molar-refractivity contribution in [2.75, 3.05) is 18.5 Å². The number of ether oxygens (including phenoxy) is 1. The molecule has 0 bridgehead atoms. The quantitative estimate of drug-likeness (QED) is 0.733. The van der Waals surface area contributed by atoms with E-state index in [1.54, 1.807) is 30.6 Å². The molecular formula is C17H22N4O2. The molecule has 0 aliphatic carbocycles. The van der Waals surface area contributed by atoms with Crippen LogP contribution in [0, 0.1) is 0 Å². The van der Waals surface area contributed by atoms with Gasteiger partial charge in [0.1, 0.15) is 0 Å². The Morgan fingerprint density at radius 3 is 2.74 bits per heavy atom. The molecule has 1 amide bonds. The van der Waals surface area contributed by atoms with Crippen LogP contribution in [0.25, 0.3) is 0 Å². The Kier molecular flexibility index (Phi) is 6.50. The van der Waals surface area contributed by atoms with Gasteiger partial charge < -0.3 is 15.4 Å². The molecule has 1 heterocycles. The number of anilines is 2. The molecule has 0 radical (unpaired) electrons. The molecule has 23 heavy (non-hydrogen) atoms. The van der Waals surface area contributed by atoms with Crippen molar-refractivity contribution in [2.45, 2.75) is 26.4 Å². The molecule has 2 rings (SSSR count). The number of hydrogen-bond donors (Lipinski definition) is 2. The summed E-state index contributed by atoms with van der Waals surface area (Å²) in [6, 6.07) is 8.98. The summed E-state index contributed by atoms with van der Waals surface area (Å²) in [4.78, 5) is 20.3. The number of carbonyl (C=O) groups is 1. The first-order valence-electron chi connectivity index (χ1n) is 7.69. The molecule has 0 atom stereocenters. The molecule has 0 saturated heterocycles. The van der Waals surface area contributed by atoms with E-state index in [0.29, 0.717) is 24.7 Å². The summed E-state index contributed by atoms with van der Waals surface area (Å²) in [6.07, 6.45) is 4.32. The van der Waals surface area contributed by atoms with Crippen molar-refractivity contribution in [3.8, 4) is 0 Å². The van der Waals surface area contributed by atoms with E-state index >= 15 is 0 Å². The van der Waals surface area contributed by atoms with E-state index in [0.717, 1.165) is 12.1 Å². The second kappa shape index (κ2) is 8.85. The molecular weight excluding hydrogens is 292 g/mol. The third kappa shape index (κ3) is 6.04. The van der Waals surface area contributed by atoms with Gasteiger partial charge in [-0.25, -0.2) is 9.97 Å². The maximum Gasteiger partial charge on any atom is 0.251 e. The van der Waals surface area contributed by atoms with Crippen molar-refractivity contribution in [1.29, 1.82) is 0 Å². The second-order valence-electron chi connectivity index (χ2n) is 5.31. The monoisotopic (exact) mass is 314 g/mol. The predicted molar refractivity (Wildman–Crippen MR) is 89.8 cm³/mol. The van der Waals surface area contributed by atoms with Gasteiger partial charge in [-0.1, -0.05) is 6.07 Å². The molecule has 122 valence electrons. The lowest BCUT2D eigenvalue weighted by Crippen LogP contribution is -2.25. The highest BCUT2D eigenvalue weighted by Crippen LogP contribution is 2.14. The summed E-state index contributed by atoms with van der Waals surface area (Å²) in [5.74, 6) is 0.392. The highest BCUT2D eigenvalue weighted by Gasteiger charge is 2.06. The zero-order valence-corrected chi connectivity index (χ0v) is 13.5. The number of aromatic nitrogens is 2. The highest BCUT2D eigenvalue weighted by molar-refractivity contribution is 5.95. The number of benzene rings is 1. The second-order valence-corrected chi connectivity index (χ2v) is 5.31. The molecule has 0 aliphatic rings. The number of rotatable bonds is 8.